The van der Waals surface area contributed by atoms with Crippen molar-refractivity contribution < 1.29 is 9.47 Å². The Balaban J connectivity index is 2.09. The number of nitrogens with zero attached hydrogens (tertiary/aromatic N) is 2. The van der Waals surface area contributed by atoms with E-state index in [4.69, 9.17) is 9.47 Å². The van der Waals surface area contributed by atoms with Crippen molar-refractivity contribution >= 4 is 11.3 Å². The number of anilines is 1. The fraction of sp³-hybridized carbons (Fsp3) is 0.235. The van der Waals surface area contributed by atoms with Gasteiger partial charge < -0.3 is 19.2 Å². The number of rotatable bonds is 5. The van der Waals surface area contributed by atoms with Gasteiger partial charge in [-0.25, -0.2) is 4.98 Å². The Morgan fingerprint density at radius 2 is 1.95 bits per heavy atom. The molecule has 0 aliphatic rings. The Morgan fingerprint density at radius 1 is 1.09 bits per heavy atom. The van der Waals surface area contributed by atoms with Crippen molar-refractivity contribution in [2.24, 2.45) is 0 Å². The Kier molecular flexibility index (Phi) is 3.87. The first-order valence-electron chi connectivity index (χ1n) is 7.20. The van der Waals surface area contributed by atoms with Gasteiger partial charge in [0.05, 0.1) is 25.6 Å². The lowest BCUT2D eigenvalue weighted by molar-refractivity contribution is 0.404. The van der Waals surface area contributed by atoms with Crippen LogP contribution in [0.15, 0.2) is 42.7 Å². The highest BCUT2D eigenvalue weighted by atomic mass is 16.5. The van der Waals surface area contributed by atoms with E-state index in [2.05, 4.69) is 17.2 Å². The highest BCUT2D eigenvalue weighted by molar-refractivity contribution is 5.71. The van der Waals surface area contributed by atoms with Crippen molar-refractivity contribution in [1.82, 2.24) is 9.38 Å². The smallest absolute Gasteiger partial charge is 0.137 e. The molecule has 0 spiro atoms. The Labute approximate surface area is 129 Å². The number of nitrogens with one attached hydrogen (secondary N) is 1. The molecular weight excluding hydrogens is 278 g/mol. The zero-order valence-electron chi connectivity index (χ0n) is 13.0. The molecule has 0 aliphatic carbocycles. The number of pyridine rings is 1. The lowest BCUT2D eigenvalue weighted by Gasteiger charge is -2.08. The maximum Gasteiger partial charge on any atom is 0.137 e. The van der Waals surface area contributed by atoms with Crippen LogP contribution < -0.4 is 14.8 Å². The second-order valence-corrected chi connectivity index (χ2v) is 4.91. The van der Waals surface area contributed by atoms with E-state index in [0.29, 0.717) is 0 Å². The summed E-state index contributed by atoms with van der Waals surface area (Å²) in [5.41, 5.74) is 3.72. The van der Waals surface area contributed by atoms with Crippen molar-refractivity contribution in [3.63, 3.8) is 0 Å². The molecule has 114 valence electrons. The molecule has 2 heterocycles. The molecule has 0 saturated heterocycles. The predicted octanol–water partition coefficient (Wildman–Crippen LogP) is 3.45. The zero-order valence-corrected chi connectivity index (χ0v) is 13.0. The maximum absolute atomic E-state index is 5.44. The molecule has 0 radical (unpaired) electrons. The van der Waals surface area contributed by atoms with E-state index in [1.807, 2.05) is 47.1 Å². The second-order valence-electron chi connectivity index (χ2n) is 4.91. The van der Waals surface area contributed by atoms with E-state index in [0.717, 1.165) is 40.6 Å². The van der Waals surface area contributed by atoms with Crippen LogP contribution in [0, 0.1) is 0 Å². The van der Waals surface area contributed by atoms with Crippen LogP contribution >= 0.6 is 0 Å². The lowest BCUT2D eigenvalue weighted by Crippen LogP contribution is -1.97. The van der Waals surface area contributed by atoms with Gasteiger partial charge in [0.1, 0.15) is 17.1 Å². The van der Waals surface area contributed by atoms with Crippen LogP contribution in [-0.4, -0.2) is 30.1 Å². The SMILES string of the molecule is CCNc1ccc2nc(-c3cc(OC)ccc3OC)cn2c1. The lowest BCUT2D eigenvalue weighted by atomic mass is 10.1. The molecule has 5 heteroatoms. The van der Waals surface area contributed by atoms with E-state index in [-0.39, 0.29) is 0 Å². The maximum atomic E-state index is 5.44. The first kappa shape index (κ1) is 14.3. The third kappa shape index (κ3) is 2.57. The van der Waals surface area contributed by atoms with Crippen molar-refractivity contribution in [3.8, 4) is 22.8 Å². The number of imidazole rings is 1. The van der Waals surface area contributed by atoms with Gasteiger partial charge in [-0.1, -0.05) is 0 Å². The van der Waals surface area contributed by atoms with Gasteiger partial charge in [0.15, 0.2) is 0 Å². The first-order chi connectivity index (χ1) is 10.7. The van der Waals surface area contributed by atoms with Gasteiger partial charge in [-0.15, -0.1) is 0 Å². The largest absolute Gasteiger partial charge is 0.497 e. The minimum atomic E-state index is 0.774. The summed E-state index contributed by atoms with van der Waals surface area (Å²) >= 11 is 0. The molecule has 0 aliphatic heterocycles. The number of methoxy groups -OCH3 is 2. The normalized spacial score (nSPS) is 10.7. The van der Waals surface area contributed by atoms with Gasteiger partial charge in [0.2, 0.25) is 0 Å². The molecule has 1 N–H and O–H groups in total. The summed E-state index contributed by atoms with van der Waals surface area (Å²) in [6, 6.07) is 9.72. The summed E-state index contributed by atoms with van der Waals surface area (Å²) in [4.78, 5) is 4.67. The van der Waals surface area contributed by atoms with E-state index in [9.17, 15) is 0 Å². The average molecular weight is 297 g/mol. The van der Waals surface area contributed by atoms with Gasteiger partial charge in [-0.2, -0.15) is 0 Å². The quantitative estimate of drug-likeness (QED) is 0.783. The van der Waals surface area contributed by atoms with Crippen LogP contribution in [0.4, 0.5) is 5.69 Å². The molecule has 0 amide bonds. The topological polar surface area (TPSA) is 47.8 Å². The molecule has 5 nitrogen and oxygen atoms in total. The van der Waals surface area contributed by atoms with Crippen molar-refractivity contribution in [3.05, 3.63) is 42.7 Å². The summed E-state index contributed by atoms with van der Waals surface area (Å²) in [6.45, 7) is 2.96. The monoisotopic (exact) mass is 297 g/mol. The molecule has 3 rings (SSSR count). The average Bonchev–Trinajstić information content (AvgIpc) is 2.97. The van der Waals surface area contributed by atoms with E-state index in [1.165, 1.54) is 0 Å². The number of benzene rings is 1. The second kappa shape index (κ2) is 5.97. The van der Waals surface area contributed by atoms with E-state index >= 15 is 0 Å². The van der Waals surface area contributed by atoms with Gasteiger partial charge in [-0.3, -0.25) is 0 Å². The molecular formula is C17H19N3O2. The fourth-order valence-corrected chi connectivity index (χ4v) is 2.44. The number of hydrogen-bond acceptors (Lipinski definition) is 4. The number of hydrogen-bond donors (Lipinski definition) is 1. The molecule has 1 aromatic carbocycles. The van der Waals surface area contributed by atoms with Crippen LogP contribution in [-0.2, 0) is 0 Å². The summed E-state index contributed by atoms with van der Waals surface area (Å²) in [7, 11) is 3.31. The standard InChI is InChI=1S/C17H19N3O2/c1-4-18-12-5-8-17-19-15(11-20(17)10-12)14-9-13(21-2)6-7-16(14)22-3/h5-11,18H,4H2,1-3H3. The first-order valence-corrected chi connectivity index (χ1v) is 7.20. The summed E-state index contributed by atoms with van der Waals surface area (Å²) < 4.78 is 12.7. The van der Waals surface area contributed by atoms with Crippen molar-refractivity contribution in [2.45, 2.75) is 6.92 Å². The molecule has 0 unspecified atom stereocenters. The van der Waals surface area contributed by atoms with E-state index < -0.39 is 0 Å². The minimum Gasteiger partial charge on any atom is -0.497 e. The highest BCUT2D eigenvalue weighted by Crippen LogP contribution is 2.33. The summed E-state index contributed by atoms with van der Waals surface area (Å²) in [5.74, 6) is 1.55. The number of aromatic nitrogens is 2. The molecule has 22 heavy (non-hydrogen) atoms. The highest BCUT2D eigenvalue weighted by Gasteiger charge is 2.11. The Bertz CT molecular complexity index is 796. The van der Waals surface area contributed by atoms with Gasteiger partial charge in [0, 0.05) is 24.5 Å². The van der Waals surface area contributed by atoms with Crippen LogP contribution in [0.25, 0.3) is 16.9 Å². The Hall–Kier alpha value is -2.69. The predicted molar refractivity (Wildman–Crippen MR) is 87.9 cm³/mol. The molecule has 2 aromatic heterocycles. The van der Waals surface area contributed by atoms with Crippen LogP contribution in [0.3, 0.4) is 0 Å². The number of ether oxygens (including phenoxy) is 2. The van der Waals surface area contributed by atoms with E-state index in [1.54, 1.807) is 14.2 Å². The molecule has 3 aromatic rings. The zero-order chi connectivity index (χ0) is 15.5. The molecule has 0 saturated carbocycles. The number of fused-ring (bicyclic) bond motifs is 1. The van der Waals surface area contributed by atoms with Crippen LogP contribution in [0.5, 0.6) is 11.5 Å². The third-order valence-electron chi connectivity index (χ3n) is 3.51. The molecule has 0 atom stereocenters. The molecule has 0 fully saturated rings. The Morgan fingerprint density at radius 3 is 2.68 bits per heavy atom. The van der Waals surface area contributed by atoms with Crippen molar-refractivity contribution in [2.75, 3.05) is 26.1 Å². The van der Waals surface area contributed by atoms with Gasteiger partial charge >= 0.3 is 0 Å². The molecule has 0 bridgehead atoms. The van der Waals surface area contributed by atoms with Gasteiger partial charge in [-0.05, 0) is 37.3 Å². The fourth-order valence-electron chi connectivity index (χ4n) is 2.44. The van der Waals surface area contributed by atoms with Crippen LogP contribution in [0.1, 0.15) is 6.92 Å². The summed E-state index contributed by atoms with van der Waals surface area (Å²) in [5, 5.41) is 3.30. The third-order valence-corrected chi connectivity index (χ3v) is 3.51. The van der Waals surface area contributed by atoms with Gasteiger partial charge in [0.25, 0.3) is 0 Å². The van der Waals surface area contributed by atoms with Crippen LogP contribution in [0.2, 0.25) is 0 Å². The minimum absolute atomic E-state index is 0.774. The van der Waals surface area contributed by atoms with Crippen molar-refractivity contribution in [1.29, 1.82) is 0 Å². The summed E-state index contributed by atoms with van der Waals surface area (Å²) in [6.07, 6.45) is 4.02.